The van der Waals surface area contributed by atoms with Gasteiger partial charge in [0.05, 0.1) is 5.69 Å². The van der Waals surface area contributed by atoms with Gasteiger partial charge in [0.15, 0.2) is 5.16 Å². The number of nitrogens with one attached hydrogen (secondary N) is 1. The van der Waals surface area contributed by atoms with Crippen LogP contribution in [0.5, 0.6) is 0 Å². The van der Waals surface area contributed by atoms with Crippen LogP contribution in [0.2, 0.25) is 0 Å². The van der Waals surface area contributed by atoms with Crippen LogP contribution >= 0.6 is 11.8 Å². The fourth-order valence-corrected chi connectivity index (χ4v) is 3.98. The number of hydrogen-bond donors (Lipinski definition) is 1. The first-order chi connectivity index (χ1) is 8.72. The lowest BCUT2D eigenvalue weighted by Crippen LogP contribution is -2.35. The van der Waals surface area contributed by atoms with E-state index in [1.807, 2.05) is 6.26 Å². The topological polar surface area (TPSA) is 45.8 Å². The average Bonchev–Trinajstić information content (AvgIpc) is 2.39. The van der Waals surface area contributed by atoms with Crippen LogP contribution in [0.1, 0.15) is 49.8 Å². The van der Waals surface area contributed by atoms with E-state index in [0.29, 0.717) is 5.41 Å². The van der Waals surface area contributed by atoms with Gasteiger partial charge in [-0.2, -0.15) is 0 Å². The third kappa shape index (κ3) is 2.11. The molecule has 4 heteroatoms. The monoisotopic (exact) mass is 264 g/mol. The molecule has 2 aliphatic rings. The molecule has 0 aromatic carbocycles. The largest absolute Gasteiger partial charge is 0.301 e. The Bertz CT molecular complexity index is 503. The maximum atomic E-state index is 12.0. The summed E-state index contributed by atoms with van der Waals surface area (Å²) in [5, 5.41) is 0.770. The zero-order valence-electron chi connectivity index (χ0n) is 10.9. The molecule has 0 unspecified atom stereocenters. The van der Waals surface area contributed by atoms with Gasteiger partial charge in [-0.15, -0.1) is 0 Å². The summed E-state index contributed by atoms with van der Waals surface area (Å²) in [6, 6.07) is 0. The molecule has 1 saturated carbocycles. The van der Waals surface area contributed by atoms with E-state index in [0.717, 1.165) is 29.3 Å². The van der Waals surface area contributed by atoms with Crippen LogP contribution in [0.3, 0.4) is 0 Å². The van der Waals surface area contributed by atoms with Gasteiger partial charge in [-0.3, -0.25) is 4.79 Å². The zero-order chi connectivity index (χ0) is 12.6. The van der Waals surface area contributed by atoms with Gasteiger partial charge in [-0.25, -0.2) is 4.98 Å². The van der Waals surface area contributed by atoms with E-state index in [1.165, 1.54) is 50.3 Å². The lowest BCUT2D eigenvalue weighted by Gasteiger charge is -2.40. The van der Waals surface area contributed by atoms with E-state index in [2.05, 4.69) is 9.97 Å². The number of aromatic amines is 1. The van der Waals surface area contributed by atoms with Crippen LogP contribution in [-0.2, 0) is 12.8 Å². The number of thioether (sulfide) groups is 1. The maximum Gasteiger partial charge on any atom is 0.254 e. The Morgan fingerprint density at radius 2 is 2.00 bits per heavy atom. The molecule has 0 radical (unpaired) electrons. The van der Waals surface area contributed by atoms with E-state index in [1.54, 1.807) is 0 Å². The molecule has 0 atom stereocenters. The van der Waals surface area contributed by atoms with Crippen molar-refractivity contribution >= 4 is 11.8 Å². The van der Waals surface area contributed by atoms with Crippen molar-refractivity contribution in [3.8, 4) is 0 Å². The smallest absolute Gasteiger partial charge is 0.254 e. The molecule has 18 heavy (non-hydrogen) atoms. The molecular formula is C14H20N2OS. The fourth-order valence-electron chi connectivity index (χ4n) is 3.58. The van der Waals surface area contributed by atoms with Gasteiger partial charge >= 0.3 is 0 Å². The summed E-state index contributed by atoms with van der Waals surface area (Å²) < 4.78 is 0. The summed E-state index contributed by atoms with van der Waals surface area (Å²) in [5.41, 5.74) is 2.58. The van der Waals surface area contributed by atoms with Gasteiger partial charge in [0, 0.05) is 5.56 Å². The Morgan fingerprint density at radius 3 is 2.72 bits per heavy atom. The lowest BCUT2D eigenvalue weighted by molar-refractivity contribution is 0.159. The molecule has 0 amide bonds. The van der Waals surface area contributed by atoms with Crippen molar-refractivity contribution in [3.63, 3.8) is 0 Å². The molecule has 1 N–H and O–H groups in total. The number of fused-ring (bicyclic) bond motifs is 1. The number of H-pyrrole nitrogens is 1. The Balaban J connectivity index is 1.96. The molecule has 1 spiro atoms. The molecule has 1 aromatic heterocycles. The van der Waals surface area contributed by atoms with Crippen molar-refractivity contribution in [1.29, 1.82) is 0 Å². The first-order valence-corrected chi connectivity index (χ1v) is 8.11. The van der Waals surface area contributed by atoms with Crippen molar-refractivity contribution in [2.24, 2.45) is 5.41 Å². The number of rotatable bonds is 1. The second-order valence-corrected chi connectivity index (χ2v) is 6.53. The Kier molecular flexibility index (Phi) is 3.22. The summed E-state index contributed by atoms with van der Waals surface area (Å²) in [5.74, 6) is 0. The predicted molar refractivity (Wildman–Crippen MR) is 74.2 cm³/mol. The summed E-state index contributed by atoms with van der Waals surface area (Å²) >= 11 is 1.52. The van der Waals surface area contributed by atoms with Crippen molar-refractivity contribution < 1.29 is 0 Å². The van der Waals surface area contributed by atoms with E-state index < -0.39 is 0 Å². The quantitative estimate of drug-likeness (QED) is 0.626. The summed E-state index contributed by atoms with van der Waals surface area (Å²) in [7, 11) is 0. The second-order valence-electron chi connectivity index (χ2n) is 5.74. The highest BCUT2D eigenvalue weighted by Gasteiger charge is 2.37. The molecule has 1 heterocycles. The zero-order valence-corrected chi connectivity index (χ0v) is 11.7. The van der Waals surface area contributed by atoms with Crippen molar-refractivity contribution in [2.75, 3.05) is 6.26 Å². The first-order valence-electron chi connectivity index (χ1n) is 6.89. The van der Waals surface area contributed by atoms with Crippen LogP contribution < -0.4 is 5.56 Å². The number of nitrogens with zero attached hydrogens (tertiary/aromatic N) is 1. The summed E-state index contributed by atoms with van der Waals surface area (Å²) in [6.07, 6.45) is 11.8. The van der Waals surface area contributed by atoms with E-state index >= 15 is 0 Å². The highest BCUT2D eigenvalue weighted by molar-refractivity contribution is 7.98. The Morgan fingerprint density at radius 1 is 1.22 bits per heavy atom. The second kappa shape index (κ2) is 4.72. The van der Waals surface area contributed by atoms with Crippen LogP contribution in [0.4, 0.5) is 0 Å². The normalized spacial score (nSPS) is 21.8. The number of aromatic nitrogens is 2. The van der Waals surface area contributed by atoms with Gasteiger partial charge in [0.1, 0.15) is 0 Å². The van der Waals surface area contributed by atoms with Gasteiger partial charge in [-0.05, 0) is 43.8 Å². The van der Waals surface area contributed by atoms with Crippen LogP contribution in [0.15, 0.2) is 9.95 Å². The summed E-state index contributed by atoms with van der Waals surface area (Å²) in [4.78, 5) is 19.5. The van der Waals surface area contributed by atoms with Gasteiger partial charge in [-0.1, -0.05) is 31.0 Å². The Hall–Kier alpha value is -0.770. The predicted octanol–water partition coefficient (Wildman–Crippen LogP) is 2.93. The van der Waals surface area contributed by atoms with Crippen molar-refractivity contribution in [3.05, 3.63) is 21.6 Å². The minimum Gasteiger partial charge on any atom is -0.301 e. The van der Waals surface area contributed by atoms with Crippen LogP contribution in [-0.4, -0.2) is 16.2 Å². The third-order valence-corrected chi connectivity index (χ3v) is 5.21. The molecule has 0 aliphatic heterocycles. The van der Waals surface area contributed by atoms with Gasteiger partial charge in [0.25, 0.3) is 5.56 Å². The summed E-state index contributed by atoms with van der Waals surface area (Å²) in [6.45, 7) is 0. The highest BCUT2D eigenvalue weighted by atomic mass is 32.2. The molecule has 2 aliphatic carbocycles. The average molecular weight is 264 g/mol. The van der Waals surface area contributed by atoms with Crippen LogP contribution in [0, 0.1) is 5.41 Å². The van der Waals surface area contributed by atoms with Gasteiger partial charge < -0.3 is 4.98 Å². The standard InChI is InChI=1S/C14H20N2OS/c1-18-13-15-11-9-14(6-3-2-4-7-14)8-5-10(11)12(17)16-13/h2-9H2,1H3,(H,15,16,17). The van der Waals surface area contributed by atoms with E-state index in [9.17, 15) is 4.79 Å². The van der Waals surface area contributed by atoms with E-state index in [4.69, 9.17) is 0 Å². The third-order valence-electron chi connectivity index (χ3n) is 4.63. The fraction of sp³-hybridized carbons (Fsp3) is 0.714. The molecule has 98 valence electrons. The maximum absolute atomic E-state index is 12.0. The number of hydrogen-bond acceptors (Lipinski definition) is 3. The molecule has 3 nitrogen and oxygen atoms in total. The van der Waals surface area contributed by atoms with Gasteiger partial charge in [0.2, 0.25) is 0 Å². The van der Waals surface area contributed by atoms with E-state index in [-0.39, 0.29) is 5.56 Å². The van der Waals surface area contributed by atoms with Crippen molar-refractivity contribution in [2.45, 2.75) is 56.5 Å². The minimum absolute atomic E-state index is 0.0926. The SMILES string of the molecule is CSc1nc2c(c(=O)[nH]1)CCC1(CCCCC1)C2. The highest BCUT2D eigenvalue weighted by Crippen LogP contribution is 2.45. The van der Waals surface area contributed by atoms with Crippen LogP contribution in [0.25, 0.3) is 0 Å². The molecule has 1 aromatic rings. The minimum atomic E-state index is 0.0926. The molecule has 0 saturated heterocycles. The molecule has 0 bridgehead atoms. The molecular weight excluding hydrogens is 244 g/mol. The van der Waals surface area contributed by atoms with Crippen molar-refractivity contribution in [1.82, 2.24) is 9.97 Å². The molecule has 3 rings (SSSR count). The first kappa shape index (κ1) is 12.3. The lowest BCUT2D eigenvalue weighted by atomic mass is 9.65. The molecule has 1 fully saturated rings. The Labute approximate surface area is 112 Å².